The van der Waals surface area contributed by atoms with Crippen molar-refractivity contribution in [2.24, 2.45) is 17.8 Å². The van der Waals surface area contributed by atoms with Crippen LogP contribution in [0.25, 0.3) is 0 Å². The van der Waals surface area contributed by atoms with Crippen LogP contribution < -0.4 is 5.32 Å². The molecule has 1 aliphatic heterocycles. The van der Waals surface area contributed by atoms with Crippen molar-refractivity contribution in [1.29, 1.82) is 0 Å². The Bertz CT molecular complexity index is 685. The lowest BCUT2D eigenvalue weighted by Gasteiger charge is -2.36. The van der Waals surface area contributed by atoms with Crippen molar-refractivity contribution in [2.45, 2.75) is 65.9 Å². The highest BCUT2D eigenvalue weighted by Gasteiger charge is 2.47. The number of allylic oxidation sites excluding steroid dienone is 2. The standard InChI is InChI=1S/C20H30ClF2NO4/c1-10(2)9-12-13(18(26)28-19(5,6)7)15(11(3)4)24-16(20(21,22)23)14(12)17(25)27-8/h10-12,24H,9H2,1-8H3. The molecule has 160 valence electrons. The number of halogens is 3. The molecule has 1 atom stereocenters. The minimum absolute atomic E-state index is 0.00111. The number of rotatable bonds is 6. The van der Waals surface area contributed by atoms with Crippen LogP contribution in [0.15, 0.2) is 22.5 Å². The number of carbonyl (C=O) groups excluding carboxylic acids is 2. The summed E-state index contributed by atoms with van der Waals surface area (Å²) in [5.41, 5.74) is -1.46. The Hall–Kier alpha value is -1.63. The minimum atomic E-state index is -3.83. The lowest BCUT2D eigenvalue weighted by molar-refractivity contribution is -0.150. The van der Waals surface area contributed by atoms with Gasteiger partial charge in [-0.15, -0.1) is 0 Å². The molecule has 0 aliphatic carbocycles. The summed E-state index contributed by atoms with van der Waals surface area (Å²) < 4.78 is 38.7. The molecule has 0 fully saturated rings. The van der Waals surface area contributed by atoms with Gasteiger partial charge in [0.1, 0.15) is 11.3 Å². The summed E-state index contributed by atoms with van der Waals surface area (Å²) in [6.07, 6.45) is 0.271. The van der Waals surface area contributed by atoms with E-state index in [0.29, 0.717) is 0 Å². The predicted molar refractivity (Wildman–Crippen MR) is 104 cm³/mol. The first kappa shape index (κ1) is 24.4. The topological polar surface area (TPSA) is 64.6 Å². The van der Waals surface area contributed by atoms with E-state index in [4.69, 9.17) is 21.1 Å². The van der Waals surface area contributed by atoms with Crippen molar-refractivity contribution < 1.29 is 27.8 Å². The Morgan fingerprint density at radius 3 is 2.00 bits per heavy atom. The zero-order valence-electron chi connectivity index (χ0n) is 17.7. The highest BCUT2D eigenvalue weighted by atomic mass is 35.5. The predicted octanol–water partition coefficient (Wildman–Crippen LogP) is 4.76. The number of ether oxygens (including phenoxy) is 2. The molecule has 1 aliphatic rings. The molecule has 0 spiro atoms. The van der Waals surface area contributed by atoms with Crippen molar-refractivity contribution in [3.63, 3.8) is 0 Å². The number of alkyl halides is 3. The summed E-state index contributed by atoms with van der Waals surface area (Å²) in [6, 6.07) is 0. The third-order valence-corrected chi connectivity index (χ3v) is 4.30. The summed E-state index contributed by atoms with van der Waals surface area (Å²) in [4.78, 5) is 25.5. The molecule has 0 aromatic carbocycles. The molecule has 0 saturated carbocycles. The normalized spacial score (nSPS) is 18.5. The maximum absolute atomic E-state index is 14.2. The molecule has 8 heteroatoms. The van der Waals surface area contributed by atoms with Gasteiger partial charge in [-0.3, -0.25) is 0 Å². The number of methoxy groups -OCH3 is 1. The second-order valence-electron chi connectivity index (χ2n) is 8.57. The number of hydrogen-bond acceptors (Lipinski definition) is 5. The summed E-state index contributed by atoms with van der Waals surface area (Å²) in [6.45, 7) is 12.4. The second-order valence-corrected chi connectivity index (χ2v) is 9.04. The number of carbonyl (C=O) groups is 2. The van der Waals surface area contributed by atoms with Crippen LogP contribution in [-0.2, 0) is 19.1 Å². The molecule has 1 heterocycles. The Balaban J connectivity index is 3.76. The van der Waals surface area contributed by atoms with Crippen LogP contribution in [0.5, 0.6) is 0 Å². The van der Waals surface area contributed by atoms with Crippen LogP contribution in [0.2, 0.25) is 0 Å². The average Bonchev–Trinajstić information content (AvgIpc) is 2.49. The molecule has 0 bridgehead atoms. The van der Waals surface area contributed by atoms with E-state index in [1.807, 2.05) is 13.8 Å². The van der Waals surface area contributed by atoms with E-state index < -0.39 is 34.5 Å². The van der Waals surface area contributed by atoms with E-state index in [9.17, 15) is 18.4 Å². The quantitative estimate of drug-likeness (QED) is 0.494. The van der Waals surface area contributed by atoms with Gasteiger partial charge >= 0.3 is 17.3 Å². The first-order valence-corrected chi connectivity index (χ1v) is 9.62. The average molecular weight is 422 g/mol. The van der Waals surface area contributed by atoms with E-state index in [-0.39, 0.29) is 35.1 Å². The molecule has 5 nitrogen and oxygen atoms in total. The fourth-order valence-electron chi connectivity index (χ4n) is 3.10. The molecule has 1 N–H and O–H groups in total. The van der Waals surface area contributed by atoms with Crippen molar-refractivity contribution in [3.05, 3.63) is 22.5 Å². The van der Waals surface area contributed by atoms with Gasteiger partial charge in [-0.1, -0.05) is 27.7 Å². The van der Waals surface area contributed by atoms with Gasteiger partial charge < -0.3 is 14.8 Å². The SMILES string of the molecule is COC(=O)C1=C(C(F)(F)Cl)NC(C(C)C)=C(C(=O)OC(C)(C)C)C1CC(C)C. The Labute approximate surface area is 170 Å². The summed E-state index contributed by atoms with van der Waals surface area (Å²) in [5, 5.41) is -1.28. The fraction of sp³-hybridized carbons (Fsp3) is 0.700. The first-order chi connectivity index (χ1) is 12.6. The van der Waals surface area contributed by atoms with Gasteiger partial charge in [0.25, 0.3) is 0 Å². The molecule has 0 saturated heterocycles. The van der Waals surface area contributed by atoms with Gasteiger partial charge in [-0.05, 0) is 50.6 Å². The minimum Gasteiger partial charge on any atom is -0.466 e. The molecule has 1 unspecified atom stereocenters. The Morgan fingerprint density at radius 1 is 1.11 bits per heavy atom. The maximum Gasteiger partial charge on any atom is 0.363 e. The number of nitrogens with one attached hydrogen (secondary N) is 1. The van der Waals surface area contributed by atoms with E-state index in [2.05, 4.69) is 5.32 Å². The fourth-order valence-corrected chi connectivity index (χ4v) is 3.25. The molecule has 0 aromatic rings. The van der Waals surface area contributed by atoms with Crippen LogP contribution >= 0.6 is 11.6 Å². The van der Waals surface area contributed by atoms with Crippen molar-refractivity contribution in [2.75, 3.05) is 7.11 Å². The molecule has 1 rings (SSSR count). The van der Waals surface area contributed by atoms with Crippen LogP contribution in [-0.4, -0.2) is 30.0 Å². The smallest absolute Gasteiger partial charge is 0.363 e. The maximum atomic E-state index is 14.2. The third kappa shape index (κ3) is 5.93. The monoisotopic (exact) mass is 421 g/mol. The zero-order chi connectivity index (χ0) is 22.0. The zero-order valence-corrected chi connectivity index (χ0v) is 18.5. The first-order valence-electron chi connectivity index (χ1n) is 9.24. The van der Waals surface area contributed by atoms with Crippen molar-refractivity contribution >= 4 is 23.5 Å². The van der Waals surface area contributed by atoms with Crippen molar-refractivity contribution in [1.82, 2.24) is 5.32 Å². The van der Waals surface area contributed by atoms with Gasteiger partial charge in [-0.25, -0.2) is 9.59 Å². The highest BCUT2D eigenvalue weighted by molar-refractivity contribution is 6.24. The summed E-state index contributed by atoms with van der Waals surface area (Å²) in [7, 11) is 1.10. The van der Waals surface area contributed by atoms with E-state index in [0.717, 1.165) is 7.11 Å². The molecule has 0 aromatic heterocycles. The van der Waals surface area contributed by atoms with Crippen LogP contribution in [0.4, 0.5) is 8.78 Å². The van der Waals surface area contributed by atoms with Crippen LogP contribution in [0.1, 0.15) is 54.9 Å². The van der Waals surface area contributed by atoms with E-state index >= 15 is 0 Å². The summed E-state index contributed by atoms with van der Waals surface area (Å²) >= 11 is 5.31. The Kier molecular flexibility index (Phi) is 7.67. The Morgan fingerprint density at radius 2 is 1.64 bits per heavy atom. The van der Waals surface area contributed by atoms with Gasteiger partial charge in [-0.2, -0.15) is 8.78 Å². The van der Waals surface area contributed by atoms with E-state index in [1.165, 1.54) is 0 Å². The number of dihydropyridines is 1. The van der Waals surface area contributed by atoms with Gasteiger partial charge in [0.05, 0.1) is 18.3 Å². The van der Waals surface area contributed by atoms with E-state index in [1.54, 1.807) is 34.6 Å². The van der Waals surface area contributed by atoms with Gasteiger partial charge in [0, 0.05) is 11.6 Å². The number of hydrogen-bond donors (Lipinski definition) is 1. The van der Waals surface area contributed by atoms with Crippen molar-refractivity contribution in [3.8, 4) is 0 Å². The van der Waals surface area contributed by atoms with Crippen LogP contribution in [0.3, 0.4) is 0 Å². The highest BCUT2D eigenvalue weighted by Crippen LogP contribution is 2.43. The number of esters is 2. The second kappa shape index (κ2) is 8.80. The lowest BCUT2D eigenvalue weighted by Crippen LogP contribution is -2.42. The summed E-state index contributed by atoms with van der Waals surface area (Å²) in [5.74, 6) is -2.87. The molecule has 0 amide bonds. The largest absolute Gasteiger partial charge is 0.466 e. The molecular formula is C20H30ClF2NO4. The van der Waals surface area contributed by atoms with Crippen LogP contribution in [0, 0.1) is 17.8 Å². The van der Waals surface area contributed by atoms with Gasteiger partial charge in [0.15, 0.2) is 0 Å². The molecular weight excluding hydrogens is 392 g/mol. The lowest BCUT2D eigenvalue weighted by atomic mass is 9.78. The third-order valence-electron chi connectivity index (χ3n) is 4.11. The molecule has 28 heavy (non-hydrogen) atoms. The van der Waals surface area contributed by atoms with Gasteiger partial charge in [0.2, 0.25) is 0 Å². The molecule has 0 radical (unpaired) electrons.